The number of benzene rings is 2. The number of hydrogen-bond acceptors (Lipinski definition) is 6. The maximum Gasteiger partial charge on any atom is 0.277 e. The number of thioether (sulfide) groups is 2. The highest BCUT2D eigenvalue weighted by atomic mass is 32.2. The first-order valence-corrected chi connectivity index (χ1v) is 10.9. The van der Waals surface area contributed by atoms with E-state index >= 15 is 0 Å². The van der Waals surface area contributed by atoms with E-state index in [0.29, 0.717) is 10.3 Å². The number of nitrogens with one attached hydrogen (secondary N) is 1. The summed E-state index contributed by atoms with van der Waals surface area (Å²) in [6, 6.07) is 15.6. The second-order valence-corrected chi connectivity index (χ2v) is 8.60. The minimum absolute atomic E-state index is 0.0776. The number of amides is 1. The van der Waals surface area contributed by atoms with Gasteiger partial charge >= 0.3 is 0 Å². The molecule has 0 saturated carbocycles. The van der Waals surface area contributed by atoms with Crippen LogP contribution in [0.3, 0.4) is 0 Å². The molecule has 1 fully saturated rings. The SMILES string of the molecule is COc1ccc(/C=C/C=N\NC(=O)COc2ccc(C3SCCS3)cc2)cc1. The molecule has 1 aliphatic heterocycles. The first-order valence-electron chi connectivity index (χ1n) is 8.83. The Labute approximate surface area is 173 Å². The lowest BCUT2D eigenvalue weighted by Crippen LogP contribution is -2.24. The zero-order valence-corrected chi connectivity index (χ0v) is 17.2. The van der Waals surface area contributed by atoms with Crippen LogP contribution >= 0.6 is 23.5 Å². The van der Waals surface area contributed by atoms with Crippen molar-refractivity contribution in [3.05, 3.63) is 65.7 Å². The quantitative estimate of drug-likeness (QED) is 0.513. The van der Waals surface area contributed by atoms with Crippen molar-refractivity contribution in [3.63, 3.8) is 0 Å². The lowest BCUT2D eigenvalue weighted by Gasteiger charge is -2.09. The van der Waals surface area contributed by atoms with Crippen molar-refractivity contribution in [2.45, 2.75) is 4.58 Å². The molecule has 1 aliphatic rings. The highest BCUT2D eigenvalue weighted by molar-refractivity contribution is 8.19. The van der Waals surface area contributed by atoms with Crippen molar-refractivity contribution < 1.29 is 14.3 Å². The van der Waals surface area contributed by atoms with E-state index in [0.717, 1.165) is 11.3 Å². The van der Waals surface area contributed by atoms with E-state index in [1.807, 2.05) is 66.0 Å². The van der Waals surface area contributed by atoms with Crippen molar-refractivity contribution in [2.75, 3.05) is 25.2 Å². The minimum Gasteiger partial charge on any atom is -0.497 e. The molecule has 2 aromatic carbocycles. The van der Waals surface area contributed by atoms with E-state index in [1.165, 1.54) is 23.3 Å². The van der Waals surface area contributed by atoms with Crippen molar-refractivity contribution in [1.29, 1.82) is 0 Å². The molecule has 0 aliphatic carbocycles. The Balaban J connectivity index is 1.37. The summed E-state index contributed by atoms with van der Waals surface area (Å²) >= 11 is 3.93. The van der Waals surface area contributed by atoms with Gasteiger partial charge in [-0.25, -0.2) is 5.43 Å². The molecule has 2 aromatic rings. The molecule has 0 bridgehead atoms. The highest BCUT2D eigenvalue weighted by Gasteiger charge is 2.17. The smallest absolute Gasteiger partial charge is 0.277 e. The van der Waals surface area contributed by atoms with E-state index in [4.69, 9.17) is 9.47 Å². The molecule has 0 spiro atoms. The summed E-state index contributed by atoms with van der Waals surface area (Å²) in [4.78, 5) is 11.8. The van der Waals surface area contributed by atoms with Crippen LogP contribution in [0.1, 0.15) is 15.7 Å². The highest BCUT2D eigenvalue weighted by Crippen LogP contribution is 2.45. The van der Waals surface area contributed by atoms with Crippen LogP contribution in [0, 0.1) is 0 Å². The molecule has 1 saturated heterocycles. The fraction of sp³-hybridized carbons (Fsp3) is 0.238. The number of methoxy groups -OCH3 is 1. The van der Waals surface area contributed by atoms with Crippen molar-refractivity contribution in [3.8, 4) is 11.5 Å². The number of hydrazone groups is 1. The first kappa shape index (κ1) is 20.4. The molecule has 1 N–H and O–H groups in total. The van der Waals surface area contributed by atoms with Gasteiger partial charge in [-0.15, -0.1) is 23.5 Å². The number of carbonyl (C=O) groups excluding carboxylic acids is 1. The Bertz CT molecular complexity index is 815. The predicted molar refractivity (Wildman–Crippen MR) is 118 cm³/mol. The summed E-state index contributed by atoms with van der Waals surface area (Å²) in [6.07, 6.45) is 5.16. The maximum atomic E-state index is 11.8. The minimum atomic E-state index is -0.305. The van der Waals surface area contributed by atoms with Gasteiger partial charge in [-0.3, -0.25) is 4.79 Å². The predicted octanol–water partition coefficient (Wildman–Crippen LogP) is 4.37. The van der Waals surface area contributed by atoms with E-state index in [2.05, 4.69) is 22.7 Å². The summed E-state index contributed by atoms with van der Waals surface area (Å²) < 4.78 is 11.1. The molecule has 3 rings (SSSR count). The summed E-state index contributed by atoms with van der Waals surface area (Å²) in [5, 5.41) is 3.88. The molecule has 5 nitrogen and oxygen atoms in total. The second-order valence-electron chi connectivity index (χ2n) is 5.88. The van der Waals surface area contributed by atoms with Gasteiger partial charge in [0.05, 0.1) is 11.7 Å². The standard InChI is InChI=1S/C21H22N2O3S2/c1-25-18-8-4-16(5-9-18)3-2-12-22-23-20(24)15-26-19-10-6-17(7-11-19)21-27-13-14-28-21/h2-12,21H,13-15H2,1H3,(H,23,24)/b3-2+,22-12-. The molecular weight excluding hydrogens is 392 g/mol. The Morgan fingerprint density at radius 1 is 1.11 bits per heavy atom. The van der Waals surface area contributed by atoms with Gasteiger partial charge in [0.25, 0.3) is 5.91 Å². The van der Waals surface area contributed by atoms with Crippen LogP contribution in [-0.4, -0.2) is 37.3 Å². The van der Waals surface area contributed by atoms with Crippen LogP contribution in [0.5, 0.6) is 11.5 Å². The van der Waals surface area contributed by atoms with E-state index in [9.17, 15) is 4.79 Å². The molecule has 28 heavy (non-hydrogen) atoms. The van der Waals surface area contributed by atoms with Gasteiger partial charge in [-0.05, 0) is 41.5 Å². The van der Waals surface area contributed by atoms with Crippen molar-refractivity contribution in [2.24, 2.45) is 5.10 Å². The summed E-state index contributed by atoms with van der Waals surface area (Å²) in [5.41, 5.74) is 4.74. The van der Waals surface area contributed by atoms with Gasteiger partial charge in [0.15, 0.2) is 6.61 Å². The summed E-state index contributed by atoms with van der Waals surface area (Å²) in [6.45, 7) is -0.0776. The van der Waals surface area contributed by atoms with Crippen molar-refractivity contribution in [1.82, 2.24) is 5.43 Å². The molecule has 0 atom stereocenters. The van der Waals surface area contributed by atoms with Crippen LogP contribution in [-0.2, 0) is 4.79 Å². The van der Waals surface area contributed by atoms with Gasteiger partial charge in [-0.1, -0.05) is 30.3 Å². The number of allylic oxidation sites excluding steroid dienone is 1. The average Bonchev–Trinajstić information content (AvgIpc) is 3.28. The van der Waals surface area contributed by atoms with Gasteiger partial charge in [-0.2, -0.15) is 5.10 Å². The Hall–Kier alpha value is -2.38. The third-order valence-electron chi connectivity index (χ3n) is 3.90. The molecule has 0 unspecified atom stereocenters. The van der Waals surface area contributed by atoms with E-state index in [1.54, 1.807) is 13.2 Å². The molecule has 1 heterocycles. The Morgan fingerprint density at radius 2 is 1.79 bits per heavy atom. The third kappa shape index (κ3) is 6.35. The van der Waals surface area contributed by atoms with Gasteiger partial charge in [0.2, 0.25) is 0 Å². The van der Waals surface area contributed by atoms with Gasteiger partial charge in [0.1, 0.15) is 11.5 Å². The second kappa shape index (κ2) is 10.8. The third-order valence-corrected chi connectivity index (χ3v) is 7.00. The van der Waals surface area contributed by atoms with Crippen LogP contribution in [0.4, 0.5) is 0 Å². The zero-order valence-electron chi connectivity index (χ0n) is 15.5. The number of hydrogen-bond donors (Lipinski definition) is 1. The lowest BCUT2D eigenvalue weighted by atomic mass is 10.2. The number of nitrogens with zero attached hydrogens (tertiary/aromatic N) is 1. The number of carbonyl (C=O) groups is 1. The molecule has 0 radical (unpaired) electrons. The Morgan fingerprint density at radius 3 is 2.46 bits per heavy atom. The van der Waals surface area contributed by atoms with Gasteiger partial charge < -0.3 is 9.47 Å². The van der Waals surface area contributed by atoms with Crippen LogP contribution in [0.2, 0.25) is 0 Å². The van der Waals surface area contributed by atoms with Crippen LogP contribution < -0.4 is 14.9 Å². The molecule has 1 amide bonds. The van der Waals surface area contributed by atoms with E-state index in [-0.39, 0.29) is 12.5 Å². The van der Waals surface area contributed by atoms with E-state index < -0.39 is 0 Å². The largest absolute Gasteiger partial charge is 0.497 e. The molecule has 0 aromatic heterocycles. The monoisotopic (exact) mass is 414 g/mol. The summed E-state index contributed by atoms with van der Waals surface area (Å²) in [5.74, 6) is 3.58. The first-order chi connectivity index (χ1) is 13.7. The summed E-state index contributed by atoms with van der Waals surface area (Å²) in [7, 11) is 1.63. The molecule has 7 heteroatoms. The lowest BCUT2D eigenvalue weighted by molar-refractivity contribution is -0.123. The van der Waals surface area contributed by atoms with Crippen LogP contribution in [0.25, 0.3) is 6.08 Å². The molecular formula is C21H22N2O3S2. The fourth-order valence-corrected chi connectivity index (χ4v) is 5.33. The fourth-order valence-electron chi connectivity index (χ4n) is 2.47. The van der Waals surface area contributed by atoms with Crippen LogP contribution in [0.15, 0.2) is 59.7 Å². The average molecular weight is 415 g/mol. The number of rotatable bonds is 8. The zero-order chi connectivity index (χ0) is 19.6. The maximum absolute atomic E-state index is 11.8. The van der Waals surface area contributed by atoms with Gasteiger partial charge in [0, 0.05) is 17.7 Å². The molecule has 146 valence electrons. The normalized spacial score (nSPS) is 14.6. The van der Waals surface area contributed by atoms with Crippen molar-refractivity contribution >= 4 is 41.7 Å². The number of ether oxygens (including phenoxy) is 2. The topological polar surface area (TPSA) is 59.9 Å². The Kier molecular flexibility index (Phi) is 7.87.